The van der Waals surface area contributed by atoms with Crippen LogP contribution in [0.15, 0.2) is 18.2 Å². The Bertz CT molecular complexity index is 571. The molecule has 1 N–H and O–H groups in total. The molecule has 4 nitrogen and oxygen atoms in total. The van der Waals surface area contributed by atoms with Crippen LogP contribution in [-0.2, 0) is 11.2 Å². The second kappa shape index (κ2) is 7.29. The molecule has 0 spiro atoms. The molecule has 1 amide bonds. The normalized spacial score (nSPS) is 22.1. The fourth-order valence-electron chi connectivity index (χ4n) is 2.69. The van der Waals surface area contributed by atoms with Crippen molar-refractivity contribution < 1.29 is 14.6 Å². The van der Waals surface area contributed by atoms with E-state index in [2.05, 4.69) is 0 Å². The van der Waals surface area contributed by atoms with Crippen molar-refractivity contribution in [2.24, 2.45) is 5.92 Å². The third-order valence-electron chi connectivity index (χ3n) is 3.84. The van der Waals surface area contributed by atoms with Crippen LogP contribution >= 0.6 is 23.2 Å². The average molecular weight is 360 g/mol. The third kappa shape index (κ3) is 5.27. The van der Waals surface area contributed by atoms with Crippen LogP contribution in [-0.4, -0.2) is 40.9 Å². The van der Waals surface area contributed by atoms with Gasteiger partial charge in [-0.25, -0.2) is 4.79 Å². The molecule has 1 heterocycles. The number of ether oxygens (including phenoxy) is 1. The van der Waals surface area contributed by atoms with Gasteiger partial charge in [0.2, 0.25) is 0 Å². The molecular formula is C17H23Cl2NO3. The summed E-state index contributed by atoms with van der Waals surface area (Å²) in [4.78, 5) is 13.9. The van der Waals surface area contributed by atoms with Crippen molar-refractivity contribution >= 4 is 29.3 Å². The van der Waals surface area contributed by atoms with E-state index < -0.39 is 11.7 Å². The summed E-state index contributed by atoms with van der Waals surface area (Å²) in [6, 6.07) is 5.29. The van der Waals surface area contributed by atoms with E-state index in [1.165, 1.54) is 0 Å². The van der Waals surface area contributed by atoms with Crippen LogP contribution in [0.25, 0.3) is 0 Å². The SMILES string of the molecule is CC(C)(C)OC(=O)N1CCC(O)C(Cc2cc(Cl)ccc2Cl)C1. The molecule has 2 rings (SSSR count). The summed E-state index contributed by atoms with van der Waals surface area (Å²) in [5, 5.41) is 11.5. The molecule has 1 aliphatic heterocycles. The second-order valence-electron chi connectivity index (χ2n) is 6.98. The molecule has 2 atom stereocenters. The number of hydrogen-bond acceptors (Lipinski definition) is 3. The number of likely N-dealkylation sites (tertiary alicyclic amines) is 1. The van der Waals surface area contributed by atoms with E-state index in [0.29, 0.717) is 36.0 Å². The maximum Gasteiger partial charge on any atom is 0.410 e. The summed E-state index contributed by atoms with van der Waals surface area (Å²) in [5.41, 5.74) is 0.355. The minimum absolute atomic E-state index is 0.0905. The summed E-state index contributed by atoms with van der Waals surface area (Å²) in [5.74, 6) is -0.0905. The molecule has 0 aromatic heterocycles. The Balaban J connectivity index is 2.06. The highest BCUT2D eigenvalue weighted by molar-refractivity contribution is 6.33. The lowest BCUT2D eigenvalue weighted by Crippen LogP contribution is -2.48. The molecule has 128 valence electrons. The van der Waals surface area contributed by atoms with Gasteiger partial charge in [0.25, 0.3) is 0 Å². The first-order valence-electron chi connectivity index (χ1n) is 7.75. The second-order valence-corrected chi connectivity index (χ2v) is 7.83. The number of nitrogens with zero attached hydrogens (tertiary/aromatic N) is 1. The summed E-state index contributed by atoms with van der Waals surface area (Å²) < 4.78 is 5.41. The highest BCUT2D eigenvalue weighted by Gasteiger charge is 2.32. The molecule has 1 aliphatic rings. The molecule has 23 heavy (non-hydrogen) atoms. The lowest BCUT2D eigenvalue weighted by Gasteiger charge is -2.37. The van der Waals surface area contributed by atoms with Gasteiger partial charge in [-0.05, 0) is 57.4 Å². The van der Waals surface area contributed by atoms with Gasteiger partial charge in [0, 0.05) is 29.1 Å². The molecule has 1 aromatic rings. The number of benzene rings is 1. The van der Waals surface area contributed by atoms with Gasteiger partial charge in [-0.2, -0.15) is 0 Å². The van der Waals surface area contributed by atoms with E-state index in [4.69, 9.17) is 27.9 Å². The highest BCUT2D eigenvalue weighted by atomic mass is 35.5. The molecule has 0 aliphatic carbocycles. The number of halogens is 2. The van der Waals surface area contributed by atoms with Gasteiger partial charge >= 0.3 is 6.09 Å². The summed E-state index contributed by atoms with van der Waals surface area (Å²) in [7, 11) is 0. The average Bonchev–Trinajstić information content (AvgIpc) is 2.43. The van der Waals surface area contributed by atoms with Crippen LogP contribution in [0.2, 0.25) is 10.0 Å². The number of piperidine rings is 1. The summed E-state index contributed by atoms with van der Waals surface area (Å²) in [6.07, 6.45) is 0.289. The predicted molar refractivity (Wildman–Crippen MR) is 92.1 cm³/mol. The van der Waals surface area contributed by atoms with E-state index in [9.17, 15) is 9.90 Å². The summed E-state index contributed by atoms with van der Waals surface area (Å²) in [6.45, 7) is 6.46. The smallest absolute Gasteiger partial charge is 0.410 e. The fourth-order valence-corrected chi connectivity index (χ4v) is 3.08. The number of carbonyl (C=O) groups excluding carboxylic acids is 1. The monoisotopic (exact) mass is 359 g/mol. The van der Waals surface area contributed by atoms with Crippen LogP contribution < -0.4 is 0 Å². The highest BCUT2D eigenvalue weighted by Crippen LogP contribution is 2.28. The molecular weight excluding hydrogens is 337 g/mol. The molecule has 1 saturated heterocycles. The molecule has 0 saturated carbocycles. The van der Waals surface area contributed by atoms with Crippen LogP contribution in [0.1, 0.15) is 32.8 Å². The maximum atomic E-state index is 12.2. The Morgan fingerprint density at radius 2 is 2.09 bits per heavy atom. The molecule has 1 fully saturated rings. The Labute approximate surface area is 147 Å². The third-order valence-corrected chi connectivity index (χ3v) is 4.44. The first-order valence-corrected chi connectivity index (χ1v) is 8.51. The Morgan fingerprint density at radius 3 is 2.74 bits per heavy atom. The number of aliphatic hydroxyl groups is 1. The van der Waals surface area contributed by atoms with Crippen molar-refractivity contribution in [3.05, 3.63) is 33.8 Å². The van der Waals surface area contributed by atoms with Crippen molar-refractivity contribution in [1.29, 1.82) is 0 Å². The van der Waals surface area contributed by atoms with E-state index in [-0.39, 0.29) is 12.0 Å². The van der Waals surface area contributed by atoms with Crippen LogP contribution in [0, 0.1) is 5.92 Å². The first kappa shape index (κ1) is 18.4. The van der Waals surface area contributed by atoms with Gasteiger partial charge in [-0.3, -0.25) is 0 Å². The number of hydrogen-bond donors (Lipinski definition) is 1. The molecule has 0 bridgehead atoms. The van der Waals surface area contributed by atoms with Gasteiger partial charge in [-0.1, -0.05) is 23.2 Å². The van der Waals surface area contributed by atoms with Crippen molar-refractivity contribution in [3.63, 3.8) is 0 Å². The predicted octanol–water partition coefficient (Wildman–Crippen LogP) is 4.15. The van der Waals surface area contributed by atoms with E-state index in [1.807, 2.05) is 26.8 Å². The minimum atomic E-state index is -0.529. The summed E-state index contributed by atoms with van der Waals surface area (Å²) >= 11 is 12.2. The Morgan fingerprint density at radius 1 is 1.39 bits per heavy atom. The standard InChI is InChI=1S/C17H23Cl2NO3/c1-17(2,3)23-16(22)20-7-6-15(21)12(10-20)8-11-9-13(18)4-5-14(11)19/h4-5,9,12,15,21H,6-8,10H2,1-3H3. The lowest BCUT2D eigenvalue weighted by molar-refractivity contribution is -0.00823. The molecule has 1 aromatic carbocycles. The number of rotatable bonds is 2. The van der Waals surface area contributed by atoms with Crippen molar-refractivity contribution in [2.75, 3.05) is 13.1 Å². The lowest BCUT2D eigenvalue weighted by atomic mass is 9.89. The molecule has 0 radical (unpaired) electrons. The topological polar surface area (TPSA) is 49.8 Å². The fraction of sp³-hybridized carbons (Fsp3) is 0.588. The van der Waals surface area contributed by atoms with Gasteiger partial charge in [0.1, 0.15) is 5.60 Å². The quantitative estimate of drug-likeness (QED) is 0.862. The number of carbonyl (C=O) groups is 1. The van der Waals surface area contributed by atoms with Crippen LogP contribution in [0.5, 0.6) is 0 Å². The number of amides is 1. The Kier molecular flexibility index (Phi) is 5.82. The largest absolute Gasteiger partial charge is 0.444 e. The zero-order valence-electron chi connectivity index (χ0n) is 13.7. The first-order chi connectivity index (χ1) is 10.7. The zero-order valence-corrected chi connectivity index (χ0v) is 15.2. The van der Waals surface area contributed by atoms with E-state index >= 15 is 0 Å². The van der Waals surface area contributed by atoms with Crippen molar-refractivity contribution in [2.45, 2.75) is 45.3 Å². The van der Waals surface area contributed by atoms with Crippen LogP contribution in [0.3, 0.4) is 0 Å². The van der Waals surface area contributed by atoms with Gasteiger partial charge in [0.05, 0.1) is 6.10 Å². The van der Waals surface area contributed by atoms with Crippen molar-refractivity contribution in [1.82, 2.24) is 4.90 Å². The Hall–Kier alpha value is -0.970. The van der Waals surface area contributed by atoms with Gasteiger partial charge in [-0.15, -0.1) is 0 Å². The molecule has 2 unspecified atom stereocenters. The van der Waals surface area contributed by atoms with Crippen molar-refractivity contribution in [3.8, 4) is 0 Å². The maximum absolute atomic E-state index is 12.2. The van der Waals surface area contributed by atoms with E-state index in [0.717, 1.165) is 5.56 Å². The van der Waals surface area contributed by atoms with E-state index in [1.54, 1.807) is 17.0 Å². The molecule has 6 heteroatoms. The van der Waals surface area contributed by atoms with Crippen LogP contribution in [0.4, 0.5) is 4.79 Å². The van der Waals surface area contributed by atoms with Gasteiger partial charge in [0.15, 0.2) is 0 Å². The van der Waals surface area contributed by atoms with Gasteiger partial charge < -0.3 is 14.7 Å². The number of aliphatic hydroxyl groups excluding tert-OH is 1. The minimum Gasteiger partial charge on any atom is -0.444 e. The zero-order chi connectivity index (χ0) is 17.2.